The van der Waals surface area contributed by atoms with Gasteiger partial charge in [0, 0.05) is 34.3 Å². The first-order valence-corrected chi connectivity index (χ1v) is 7.88. The fourth-order valence-electron chi connectivity index (χ4n) is 3.87. The molecule has 3 aliphatic heterocycles. The van der Waals surface area contributed by atoms with Gasteiger partial charge in [-0.1, -0.05) is 0 Å². The predicted octanol–water partition coefficient (Wildman–Crippen LogP) is 3.31. The molecular formula is C19H11NO5. The van der Waals surface area contributed by atoms with Gasteiger partial charge >= 0.3 is 0 Å². The molecule has 3 aliphatic rings. The van der Waals surface area contributed by atoms with Gasteiger partial charge in [-0.15, -0.1) is 0 Å². The molecule has 0 fully saturated rings. The van der Waals surface area contributed by atoms with Gasteiger partial charge in [-0.3, -0.25) is 4.79 Å². The van der Waals surface area contributed by atoms with Crippen molar-refractivity contribution < 1.29 is 23.4 Å². The van der Waals surface area contributed by atoms with Crippen LogP contribution in [0.4, 0.5) is 5.69 Å². The number of carbonyl (C=O) groups is 1. The number of carbonyl (C=O) groups excluding carboxylic acids is 1. The van der Waals surface area contributed by atoms with Crippen molar-refractivity contribution in [3.63, 3.8) is 0 Å². The minimum Gasteiger partial charge on any atom is -0.491 e. The zero-order chi connectivity index (χ0) is 16.6. The van der Waals surface area contributed by atoms with E-state index in [9.17, 15) is 4.79 Å². The van der Waals surface area contributed by atoms with Crippen molar-refractivity contribution in [1.82, 2.24) is 0 Å². The third-order valence-electron chi connectivity index (χ3n) is 5.08. The highest BCUT2D eigenvalue weighted by Gasteiger charge is 2.54. The van der Waals surface area contributed by atoms with Gasteiger partial charge < -0.3 is 23.9 Å². The van der Waals surface area contributed by atoms with Crippen LogP contribution in [0.5, 0.6) is 17.2 Å². The molecule has 0 bridgehead atoms. The lowest BCUT2D eigenvalue weighted by Gasteiger charge is -2.21. The molecule has 1 aromatic heterocycles. The van der Waals surface area contributed by atoms with Crippen molar-refractivity contribution in [2.75, 3.05) is 11.9 Å². The average Bonchev–Trinajstić information content (AvgIpc) is 3.30. The summed E-state index contributed by atoms with van der Waals surface area (Å²) < 4.78 is 22.3. The first kappa shape index (κ1) is 12.9. The molecule has 1 N–H and O–H groups in total. The van der Waals surface area contributed by atoms with Crippen LogP contribution in [0.2, 0.25) is 0 Å². The van der Waals surface area contributed by atoms with Crippen LogP contribution in [-0.2, 0) is 10.2 Å². The van der Waals surface area contributed by atoms with E-state index in [1.807, 2.05) is 24.3 Å². The number of nitrogens with one attached hydrogen (secondary N) is 1. The number of anilines is 1. The zero-order valence-electron chi connectivity index (χ0n) is 12.9. The summed E-state index contributed by atoms with van der Waals surface area (Å²) in [6.07, 6.45) is 4.56. The van der Waals surface area contributed by atoms with Crippen LogP contribution < -0.4 is 19.5 Å². The maximum atomic E-state index is 13.0. The third kappa shape index (κ3) is 1.47. The minimum atomic E-state index is -0.893. The molecule has 1 amide bonds. The Labute approximate surface area is 141 Å². The smallest absolute Gasteiger partial charge is 0.243 e. The molecule has 6 heteroatoms. The Morgan fingerprint density at radius 1 is 0.960 bits per heavy atom. The Balaban J connectivity index is 1.63. The van der Waals surface area contributed by atoms with Crippen LogP contribution >= 0.6 is 0 Å². The Bertz CT molecular complexity index is 1110. The number of fused-ring (bicyclic) bond motifs is 6. The lowest BCUT2D eigenvalue weighted by Crippen LogP contribution is -2.37. The Morgan fingerprint density at radius 2 is 1.80 bits per heavy atom. The lowest BCUT2D eigenvalue weighted by molar-refractivity contribution is -0.119. The molecular weight excluding hydrogens is 322 g/mol. The molecule has 6 rings (SSSR count). The number of ether oxygens (including phenoxy) is 3. The summed E-state index contributed by atoms with van der Waals surface area (Å²) in [5.74, 6) is 1.71. The van der Waals surface area contributed by atoms with Gasteiger partial charge in [0.05, 0.1) is 6.26 Å². The monoisotopic (exact) mass is 333 g/mol. The second-order valence-corrected chi connectivity index (χ2v) is 6.31. The molecule has 0 aliphatic carbocycles. The second kappa shape index (κ2) is 4.16. The largest absolute Gasteiger partial charge is 0.491 e. The maximum absolute atomic E-state index is 13.0. The highest BCUT2D eigenvalue weighted by molar-refractivity contribution is 6.10. The van der Waals surface area contributed by atoms with Crippen LogP contribution in [-0.4, -0.2) is 12.5 Å². The summed E-state index contributed by atoms with van der Waals surface area (Å²) in [6.45, 7) is 0.239. The fourth-order valence-corrected chi connectivity index (χ4v) is 3.87. The van der Waals surface area contributed by atoms with Gasteiger partial charge in [0.1, 0.15) is 35.9 Å². The average molecular weight is 333 g/mol. The molecule has 122 valence electrons. The van der Waals surface area contributed by atoms with Gasteiger partial charge in [-0.05, 0) is 18.2 Å². The summed E-state index contributed by atoms with van der Waals surface area (Å²) in [7, 11) is 0. The number of benzene rings is 2. The number of furan rings is 1. The van der Waals surface area contributed by atoms with E-state index < -0.39 is 5.41 Å². The molecule has 0 saturated heterocycles. The summed E-state index contributed by atoms with van der Waals surface area (Å²) in [5, 5.41) is 3.90. The number of hydrogen-bond donors (Lipinski definition) is 1. The molecule has 1 atom stereocenters. The van der Waals surface area contributed by atoms with Crippen LogP contribution in [0, 0.1) is 0 Å². The first-order chi connectivity index (χ1) is 12.3. The second-order valence-electron chi connectivity index (χ2n) is 6.31. The van der Waals surface area contributed by atoms with Crippen LogP contribution in [0.25, 0.3) is 11.0 Å². The van der Waals surface area contributed by atoms with Gasteiger partial charge in [0.15, 0.2) is 11.5 Å². The van der Waals surface area contributed by atoms with E-state index >= 15 is 0 Å². The lowest BCUT2D eigenvalue weighted by atomic mass is 9.76. The Morgan fingerprint density at radius 3 is 2.68 bits per heavy atom. The van der Waals surface area contributed by atoms with E-state index in [0.29, 0.717) is 22.9 Å². The molecule has 1 spiro atoms. The van der Waals surface area contributed by atoms with Gasteiger partial charge in [0.25, 0.3) is 0 Å². The SMILES string of the molecule is O=C1Nc2cc3c(cc2C12COc1cc4occc4cc12)OC=CO3. The van der Waals surface area contributed by atoms with E-state index in [0.717, 1.165) is 22.1 Å². The van der Waals surface area contributed by atoms with Crippen molar-refractivity contribution in [3.05, 3.63) is 60.2 Å². The molecule has 2 aromatic carbocycles. The van der Waals surface area contributed by atoms with Crippen LogP contribution in [0.3, 0.4) is 0 Å². The molecule has 4 heterocycles. The van der Waals surface area contributed by atoms with Crippen molar-refractivity contribution in [2.24, 2.45) is 0 Å². The molecule has 6 nitrogen and oxygen atoms in total. The zero-order valence-corrected chi connectivity index (χ0v) is 12.9. The van der Waals surface area contributed by atoms with E-state index in [4.69, 9.17) is 18.6 Å². The molecule has 0 saturated carbocycles. The minimum absolute atomic E-state index is 0.112. The quantitative estimate of drug-likeness (QED) is 0.683. The van der Waals surface area contributed by atoms with Crippen molar-refractivity contribution in [2.45, 2.75) is 5.41 Å². The van der Waals surface area contributed by atoms with Crippen molar-refractivity contribution in [1.29, 1.82) is 0 Å². The number of amides is 1. The third-order valence-corrected chi connectivity index (χ3v) is 5.08. The summed E-state index contributed by atoms with van der Waals surface area (Å²) in [6, 6.07) is 9.32. The highest BCUT2D eigenvalue weighted by Crippen LogP contribution is 2.53. The number of rotatable bonds is 0. The fraction of sp³-hybridized carbons (Fsp3) is 0.105. The normalized spacial score (nSPS) is 22.0. The molecule has 3 aromatic rings. The topological polar surface area (TPSA) is 69.9 Å². The van der Waals surface area contributed by atoms with E-state index in [1.54, 1.807) is 12.3 Å². The first-order valence-electron chi connectivity index (χ1n) is 7.88. The Hall–Kier alpha value is -3.41. The predicted molar refractivity (Wildman–Crippen MR) is 88.0 cm³/mol. The van der Waals surface area contributed by atoms with Gasteiger partial charge in [-0.25, -0.2) is 0 Å². The molecule has 1 unspecified atom stereocenters. The summed E-state index contributed by atoms with van der Waals surface area (Å²) in [4.78, 5) is 13.0. The Kier molecular flexibility index (Phi) is 2.15. The van der Waals surface area contributed by atoms with Crippen LogP contribution in [0.1, 0.15) is 11.1 Å². The van der Waals surface area contributed by atoms with Crippen LogP contribution in [0.15, 0.2) is 53.5 Å². The van der Waals surface area contributed by atoms with Gasteiger partial charge in [0.2, 0.25) is 5.91 Å². The molecule has 25 heavy (non-hydrogen) atoms. The van der Waals surface area contributed by atoms with Gasteiger partial charge in [-0.2, -0.15) is 0 Å². The summed E-state index contributed by atoms with van der Waals surface area (Å²) in [5.41, 5.74) is 2.23. The van der Waals surface area contributed by atoms with E-state index in [1.165, 1.54) is 12.5 Å². The molecule has 0 radical (unpaired) electrons. The maximum Gasteiger partial charge on any atom is 0.243 e. The van der Waals surface area contributed by atoms with Crippen molar-refractivity contribution >= 4 is 22.6 Å². The highest BCUT2D eigenvalue weighted by atomic mass is 16.5. The van der Waals surface area contributed by atoms with E-state index in [-0.39, 0.29) is 12.5 Å². The standard InChI is InChI=1S/C19H11NO5/c21-18-19(9-25-15-8-14-10(1-2-22-14)5-12(15)19)11-6-16-17(7-13(11)20-18)24-4-3-23-16/h1-8H,9H2,(H,20,21). The van der Waals surface area contributed by atoms with Crippen molar-refractivity contribution in [3.8, 4) is 17.2 Å². The number of hydrogen-bond acceptors (Lipinski definition) is 5. The van der Waals surface area contributed by atoms with E-state index in [2.05, 4.69) is 5.32 Å². The summed E-state index contributed by atoms with van der Waals surface area (Å²) >= 11 is 0.